The highest BCUT2D eigenvalue weighted by molar-refractivity contribution is 6.05. The van der Waals surface area contributed by atoms with Crippen molar-refractivity contribution >= 4 is 17.7 Å². The maximum Gasteiger partial charge on any atom is 0.255 e. The minimum atomic E-state index is -0.581. The normalized spacial score (nSPS) is 24.5. The fraction of sp³-hybridized carbons (Fsp3) is 0.609. The van der Waals surface area contributed by atoms with Gasteiger partial charge in [-0.05, 0) is 43.2 Å². The third-order valence-corrected chi connectivity index (χ3v) is 6.89. The lowest BCUT2D eigenvalue weighted by atomic mass is 9.81. The number of nitrogens with two attached hydrogens (primary N) is 1. The highest BCUT2D eigenvalue weighted by Crippen LogP contribution is 2.31. The van der Waals surface area contributed by atoms with Crippen LogP contribution in [0.3, 0.4) is 0 Å². The Morgan fingerprint density at radius 3 is 2.63 bits per heavy atom. The zero-order valence-electron chi connectivity index (χ0n) is 17.7. The molecule has 0 spiro atoms. The predicted molar refractivity (Wildman–Crippen MR) is 113 cm³/mol. The Balaban J connectivity index is 1.49. The molecule has 1 aromatic rings. The molecule has 0 bridgehead atoms. The van der Waals surface area contributed by atoms with Gasteiger partial charge in [0.15, 0.2) is 0 Å². The van der Waals surface area contributed by atoms with E-state index in [0.717, 1.165) is 11.1 Å². The van der Waals surface area contributed by atoms with Crippen LogP contribution in [0, 0.1) is 5.92 Å². The zero-order chi connectivity index (χ0) is 21.3. The van der Waals surface area contributed by atoms with Gasteiger partial charge < -0.3 is 16.0 Å². The third kappa shape index (κ3) is 4.14. The van der Waals surface area contributed by atoms with E-state index in [1.165, 1.54) is 32.1 Å². The van der Waals surface area contributed by atoms with Crippen LogP contribution >= 0.6 is 0 Å². The molecule has 7 heteroatoms. The van der Waals surface area contributed by atoms with E-state index >= 15 is 0 Å². The molecular weight excluding hydrogens is 380 g/mol. The van der Waals surface area contributed by atoms with Crippen molar-refractivity contribution in [3.63, 3.8) is 0 Å². The maximum absolute atomic E-state index is 13.2. The molecule has 2 aliphatic heterocycles. The van der Waals surface area contributed by atoms with Crippen molar-refractivity contribution in [2.45, 2.75) is 83.1 Å². The lowest BCUT2D eigenvalue weighted by Crippen LogP contribution is -2.52. The van der Waals surface area contributed by atoms with Crippen LogP contribution in [0.2, 0.25) is 0 Å². The first-order valence-electron chi connectivity index (χ1n) is 11.2. The van der Waals surface area contributed by atoms with Crippen LogP contribution in [0.5, 0.6) is 0 Å². The molecule has 3 atom stereocenters. The minimum Gasteiger partial charge on any atom is -0.327 e. The largest absolute Gasteiger partial charge is 0.327 e. The number of carbonyl (C=O) groups excluding carboxylic acids is 3. The van der Waals surface area contributed by atoms with E-state index in [1.54, 1.807) is 4.90 Å². The maximum atomic E-state index is 13.2. The third-order valence-electron chi connectivity index (χ3n) is 6.89. The van der Waals surface area contributed by atoms with E-state index in [9.17, 15) is 14.4 Å². The van der Waals surface area contributed by atoms with Crippen molar-refractivity contribution in [2.75, 3.05) is 0 Å². The average Bonchev–Trinajstić information content (AvgIpc) is 3.06. The molecule has 1 saturated carbocycles. The standard InChI is InChI=1S/C23H32N4O3/c1-14(24)21(15-6-3-2-4-7-15)25-12-16-8-5-9-17-13-27(23(30)20(16)17)18-10-11-19(28)26-22(18)29/h5,8-9,14-15,18,21,25H,2-4,6-7,10-13,24H2,1H3,(H,26,28,29). The summed E-state index contributed by atoms with van der Waals surface area (Å²) in [4.78, 5) is 38.6. The number of rotatable bonds is 6. The molecule has 30 heavy (non-hydrogen) atoms. The van der Waals surface area contributed by atoms with E-state index in [-0.39, 0.29) is 36.2 Å². The van der Waals surface area contributed by atoms with Gasteiger partial charge in [0, 0.05) is 37.2 Å². The van der Waals surface area contributed by atoms with Gasteiger partial charge in [-0.25, -0.2) is 0 Å². The van der Waals surface area contributed by atoms with Gasteiger partial charge in [-0.3, -0.25) is 19.7 Å². The molecule has 1 saturated heterocycles. The van der Waals surface area contributed by atoms with Crippen molar-refractivity contribution in [1.29, 1.82) is 0 Å². The Morgan fingerprint density at radius 2 is 1.93 bits per heavy atom. The molecule has 4 N–H and O–H groups in total. The van der Waals surface area contributed by atoms with Crippen LogP contribution in [0.25, 0.3) is 0 Å². The summed E-state index contributed by atoms with van der Waals surface area (Å²) in [5.41, 5.74) is 8.90. The van der Waals surface area contributed by atoms with Crippen molar-refractivity contribution in [2.24, 2.45) is 11.7 Å². The number of amides is 3. The number of fused-ring (bicyclic) bond motifs is 1. The first-order chi connectivity index (χ1) is 14.5. The summed E-state index contributed by atoms with van der Waals surface area (Å²) in [6.07, 6.45) is 6.88. The van der Waals surface area contributed by atoms with Crippen LogP contribution in [0.1, 0.15) is 73.4 Å². The number of hydrogen-bond acceptors (Lipinski definition) is 5. The second kappa shape index (κ2) is 8.86. The first kappa shape index (κ1) is 21.0. The van der Waals surface area contributed by atoms with E-state index in [1.807, 2.05) is 18.2 Å². The van der Waals surface area contributed by atoms with Crippen LogP contribution in [-0.4, -0.2) is 40.7 Å². The summed E-state index contributed by atoms with van der Waals surface area (Å²) >= 11 is 0. The Labute approximate surface area is 177 Å². The summed E-state index contributed by atoms with van der Waals surface area (Å²) in [7, 11) is 0. The molecule has 0 radical (unpaired) electrons. The molecule has 162 valence electrons. The Hall–Kier alpha value is -2.25. The number of hydrogen-bond donors (Lipinski definition) is 3. The molecule has 7 nitrogen and oxygen atoms in total. The van der Waals surface area contributed by atoms with Crippen LogP contribution in [0.15, 0.2) is 18.2 Å². The number of benzene rings is 1. The van der Waals surface area contributed by atoms with Gasteiger partial charge in [-0.2, -0.15) is 0 Å². The molecule has 3 amide bonds. The second-order valence-electron chi connectivity index (χ2n) is 9.02. The van der Waals surface area contributed by atoms with Gasteiger partial charge in [0.25, 0.3) is 5.91 Å². The zero-order valence-corrected chi connectivity index (χ0v) is 17.7. The Morgan fingerprint density at radius 1 is 1.17 bits per heavy atom. The van der Waals surface area contributed by atoms with E-state index < -0.39 is 6.04 Å². The number of imide groups is 1. The van der Waals surface area contributed by atoms with E-state index in [0.29, 0.717) is 31.0 Å². The van der Waals surface area contributed by atoms with Gasteiger partial charge in [0.2, 0.25) is 11.8 Å². The molecule has 2 fully saturated rings. The van der Waals surface area contributed by atoms with Crippen LogP contribution in [-0.2, 0) is 22.7 Å². The number of piperidine rings is 1. The van der Waals surface area contributed by atoms with Crippen LogP contribution < -0.4 is 16.4 Å². The first-order valence-corrected chi connectivity index (χ1v) is 11.2. The van der Waals surface area contributed by atoms with Crippen molar-refractivity contribution < 1.29 is 14.4 Å². The Bertz CT molecular complexity index is 832. The number of carbonyl (C=O) groups is 3. The van der Waals surface area contributed by atoms with Gasteiger partial charge >= 0.3 is 0 Å². The quantitative estimate of drug-likeness (QED) is 0.619. The number of nitrogens with zero attached hydrogens (tertiary/aromatic N) is 1. The summed E-state index contributed by atoms with van der Waals surface area (Å²) < 4.78 is 0. The molecular formula is C23H32N4O3. The lowest BCUT2D eigenvalue weighted by molar-refractivity contribution is -0.136. The highest BCUT2D eigenvalue weighted by Gasteiger charge is 2.40. The van der Waals surface area contributed by atoms with Crippen molar-refractivity contribution in [3.05, 3.63) is 34.9 Å². The lowest BCUT2D eigenvalue weighted by Gasteiger charge is -2.34. The fourth-order valence-corrected chi connectivity index (χ4v) is 5.34. The van der Waals surface area contributed by atoms with Gasteiger partial charge in [0.05, 0.1) is 0 Å². The van der Waals surface area contributed by atoms with Gasteiger partial charge in [-0.1, -0.05) is 37.5 Å². The molecule has 2 heterocycles. The summed E-state index contributed by atoms with van der Waals surface area (Å²) in [6, 6.07) is 5.59. The van der Waals surface area contributed by atoms with Gasteiger partial charge in [-0.15, -0.1) is 0 Å². The summed E-state index contributed by atoms with van der Waals surface area (Å²) in [5, 5.41) is 6.00. The fourth-order valence-electron chi connectivity index (χ4n) is 5.34. The molecule has 3 unspecified atom stereocenters. The van der Waals surface area contributed by atoms with Crippen molar-refractivity contribution in [3.8, 4) is 0 Å². The predicted octanol–water partition coefficient (Wildman–Crippen LogP) is 1.83. The SMILES string of the molecule is CC(N)C(NCc1cccc2c1C(=O)N(C1CCC(=O)NC1=O)C2)C1CCCCC1. The molecule has 1 aliphatic carbocycles. The van der Waals surface area contributed by atoms with Gasteiger partial charge in [0.1, 0.15) is 6.04 Å². The summed E-state index contributed by atoms with van der Waals surface area (Å²) in [5.74, 6) is -0.186. The molecule has 1 aromatic carbocycles. The summed E-state index contributed by atoms with van der Waals surface area (Å²) in [6.45, 7) is 3.05. The topological polar surface area (TPSA) is 105 Å². The van der Waals surface area contributed by atoms with Crippen LogP contribution in [0.4, 0.5) is 0 Å². The molecule has 3 aliphatic rings. The van der Waals surface area contributed by atoms with Crippen molar-refractivity contribution in [1.82, 2.24) is 15.5 Å². The molecule has 4 rings (SSSR count). The second-order valence-corrected chi connectivity index (χ2v) is 9.02. The minimum absolute atomic E-state index is 0.0422. The van der Waals surface area contributed by atoms with E-state index in [2.05, 4.69) is 17.6 Å². The number of nitrogens with one attached hydrogen (secondary N) is 2. The average molecular weight is 413 g/mol. The van der Waals surface area contributed by atoms with E-state index in [4.69, 9.17) is 5.73 Å². The smallest absolute Gasteiger partial charge is 0.255 e. The Kier molecular flexibility index (Phi) is 6.20. The monoisotopic (exact) mass is 412 g/mol. The molecule has 0 aromatic heterocycles. The highest BCUT2D eigenvalue weighted by atomic mass is 16.2.